The van der Waals surface area contributed by atoms with Crippen molar-refractivity contribution in [2.45, 2.75) is 56.5 Å². The standard InChI is InChI=1S/C30H32N4O8/c1-30(2)41-25-22(40-27(26(25)42-30)34-14-12-24(36)33-28(34)37)15-32-23(35)11-13-31-29(38)39-16-21-19-9-5-3-7-17(19)18-8-4-6-10-20(18)21/h3-10,12,14,21-22,25-27H,11,13,15-16H2,1-2H3,(H,31,38)(H,32,35)(H,33,36,37)/t22-,25-,26-,27-/m1/s1. The summed E-state index contributed by atoms with van der Waals surface area (Å²) in [6.45, 7) is 3.87. The fourth-order valence-electron chi connectivity index (χ4n) is 5.91. The van der Waals surface area contributed by atoms with Gasteiger partial charge in [0, 0.05) is 37.7 Å². The third-order valence-corrected chi connectivity index (χ3v) is 7.72. The third kappa shape index (κ3) is 5.48. The van der Waals surface area contributed by atoms with Gasteiger partial charge in [0.25, 0.3) is 5.56 Å². The zero-order valence-corrected chi connectivity index (χ0v) is 23.2. The van der Waals surface area contributed by atoms with Gasteiger partial charge in [0.1, 0.15) is 24.9 Å². The van der Waals surface area contributed by atoms with E-state index in [0.717, 1.165) is 22.3 Å². The topological polar surface area (TPSA) is 150 Å². The molecular formula is C30H32N4O8. The number of amides is 2. The SMILES string of the molecule is CC1(C)O[C@@H]2[C@H](O1)[C@@H](CNC(=O)CCNC(=O)OCC1c3ccccc3-c3ccccc31)O[C@H]2n1ccc(=O)[nH]c1=O. The second-order valence-electron chi connectivity index (χ2n) is 11.0. The van der Waals surface area contributed by atoms with Crippen LogP contribution in [-0.4, -0.2) is 65.3 Å². The average molecular weight is 577 g/mol. The lowest BCUT2D eigenvalue weighted by Gasteiger charge is -2.25. The molecule has 42 heavy (non-hydrogen) atoms. The number of hydrogen-bond acceptors (Lipinski definition) is 8. The molecule has 220 valence electrons. The molecule has 3 N–H and O–H groups in total. The number of nitrogens with zero attached hydrogens (tertiary/aromatic N) is 1. The van der Waals surface area contributed by atoms with Crippen LogP contribution >= 0.6 is 0 Å². The Bertz CT molecular complexity index is 1570. The van der Waals surface area contributed by atoms with Crippen LogP contribution in [0.3, 0.4) is 0 Å². The van der Waals surface area contributed by atoms with Crippen molar-refractivity contribution in [2.75, 3.05) is 19.7 Å². The molecule has 0 unspecified atom stereocenters. The number of rotatable bonds is 8. The molecule has 1 aliphatic carbocycles. The van der Waals surface area contributed by atoms with Gasteiger partial charge in [-0.3, -0.25) is 19.1 Å². The van der Waals surface area contributed by atoms with Crippen LogP contribution in [0.2, 0.25) is 0 Å². The summed E-state index contributed by atoms with van der Waals surface area (Å²) in [7, 11) is 0. The normalized spacial score (nSPS) is 23.6. The molecule has 2 fully saturated rings. The summed E-state index contributed by atoms with van der Waals surface area (Å²) in [5.74, 6) is -1.28. The first kappa shape index (κ1) is 27.9. The zero-order valence-electron chi connectivity index (χ0n) is 23.2. The molecule has 1 aromatic heterocycles. The first-order valence-electron chi connectivity index (χ1n) is 13.9. The highest BCUT2D eigenvalue weighted by Gasteiger charge is 2.56. The number of fused-ring (bicyclic) bond motifs is 4. The van der Waals surface area contributed by atoms with Crippen LogP contribution in [0.25, 0.3) is 11.1 Å². The Kier molecular flexibility index (Phi) is 7.43. The van der Waals surface area contributed by atoms with Gasteiger partial charge < -0.3 is 29.6 Å². The predicted octanol–water partition coefficient (Wildman–Crippen LogP) is 2.00. The number of H-pyrrole nitrogens is 1. The Morgan fingerprint density at radius 2 is 1.62 bits per heavy atom. The number of alkyl carbamates (subject to hydrolysis) is 1. The van der Waals surface area contributed by atoms with Crippen molar-refractivity contribution in [1.82, 2.24) is 20.2 Å². The Labute approximate surface area is 240 Å². The molecule has 0 saturated carbocycles. The second-order valence-corrected chi connectivity index (χ2v) is 11.0. The molecule has 4 atom stereocenters. The number of ether oxygens (including phenoxy) is 4. The zero-order chi connectivity index (χ0) is 29.4. The number of nitrogens with one attached hydrogen (secondary N) is 3. The number of aromatic amines is 1. The van der Waals surface area contributed by atoms with Gasteiger partial charge in [0.05, 0.1) is 0 Å². The largest absolute Gasteiger partial charge is 0.449 e. The van der Waals surface area contributed by atoms with Crippen molar-refractivity contribution in [3.05, 3.63) is 92.8 Å². The summed E-state index contributed by atoms with van der Waals surface area (Å²) in [5, 5.41) is 5.43. The van der Waals surface area contributed by atoms with E-state index in [4.69, 9.17) is 18.9 Å². The van der Waals surface area contributed by atoms with Crippen molar-refractivity contribution in [2.24, 2.45) is 0 Å². The fraction of sp³-hybridized carbons (Fsp3) is 0.400. The lowest BCUT2D eigenvalue weighted by molar-refractivity contribution is -0.196. The lowest BCUT2D eigenvalue weighted by atomic mass is 9.98. The Hall–Kier alpha value is -4.26. The maximum atomic E-state index is 12.6. The maximum absolute atomic E-state index is 12.6. The van der Waals surface area contributed by atoms with E-state index in [2.05, 4.69) is 27.8 Å². The molecule has 2 aliphatic heterocycles. The first-order valence-corrected chi connectivity index (χ1v) is 13.9. The highest BCUT2D eigenvalue weighted by Crippen LogP contribution is 2.45. The molecule has 0 spiro atoms. The van der Waals surface area contributed by atoms with Gasteiger partial charge in [-0.15, -0.1) is 0 Å². The van der Waals surface area contributed by atoms with Gasteiger partial charge >= 0.3 is 11.8 Å². The number of carbonyl (C=O) groups excluding carboxylic acids is 2. The first-order chi connectivity index (χ1) is 20.2. The lowest BCUT2D eigenvalue weighted by Crippen LogP contribution is -2.40. The number of benzene rings is 2. The molecular weight excluding hydrogens is 544 g/mol. The van der Waals surface area contributed by atoms with Gasteiger partial charge in [0.15, 0.2) is 12.0 Å². The minimum atomic E-state index is -0.918. The van der Waals surface area contributed by atoms with Crippen LogP contribution in [0.15, 0.2) is 70.4 Å². The number of aromatic nitrogens is 2. The molecule has 3 aliphatic rings. The minimum absolute atomic E-state index is 0.0245. The van der Waals surface area contributed by atoms with Gasteiger partial charge in [0.2, 0.25) is 5.91 Å². The van der Waals surface area contributed by atoms with Crippen LogP contribution in [0.4, 0.5) is 4.79 Å². The smallest absolute Gasteiger partial charge is 0.407 e. The predicted molar refractivity (Wildman–Crippen MR) is 150 cm³/mol. The van der Waals surface area contributed by atoms with E-state index in [9.17, 15) is 19.2 Å². The summed E-state index contributed by atoms with van der Waals surface area (Å²) in [5.41, 5.74) is 3.37. The van der Waals surface area contributed by atoms with E-state index < -0.39 is 47.7 Å². The van der Waals surface area contributed by atoms with Crippen LogP contribution in [0, 0.1) is 0 Å². The van der Waals surface area contributed by atoms with Crippen molar-refractivity contribution >= 4 is 12.0 Å². The average Bonchev–Trinajstić information content (AvgIpc) is 3.57. The van der Waals surface area contributed by atoms with Gasteiger partial charge in [-0.05, 0) is 36.1 Å². The molecule has 2 amide bonds. The van der Waals surface area contributed by atoms with E-state index in [0.29, 0.717) is 0 Å². The minimum Gasteiger partial charge on any atom is -0.449 e. The summed E-state index contributed by atoms with van der Waals surface area (Å²) in [6.07, 6.45) is -1.87. The van der Waals surface area contributed by atoms with Crippen molar-refractivity contribution in [3.63, 3.8) is 0 Å². The van der Waals surface area contributed by atoms with Gasteiger partial charge in [-0.2, -0.15) is 0 Å². The molecule has 0 radical (unpaired) electrons. The molecule has 3 aromatic rings. The maximum Gasteiger partial charge on any atom is 0.407 e. The van der Waals surface area contributed by atoms with Crippen molar-refractivity contribution < 1.29 is 28.5 Å². The van der Waals surface area contributed by atoms with Gasteiger partial charge in [-0.25, -0.2) is 9.59 Å². The Morgan fingerprint density at radius 3 is 2.31 bits per heavy atom. The van der Waals surface area contributed by atoms with E-state index in [-0.39, 0.29) is 37.9 Å². The number of hydrogen-bond donors (Lipinski definition) is 3. The molecule has 12 heteroatoms. The fourth-order valence-corrected chi connectivity index (χ4v) is 5.91. The van der Waals surface area contributed by atoms with E-state index in [1.165, 1.54) is 16.8 Å². The molecule has 2 saturated heterocycles. The second kappa shape index (κ2) is 11.2. The summed E-state index contributed by atoms with van der Waals surface area (Å²) >= 11 is 0. The van der Waals surface area contributed by atoms with Crippen molar-refractivity contribution in [1.29, 1.82) is 0 Å². The van der Waals surface area contributed by atoms with E-state index >= 15 is 0 Å². The van der Waals surface area contributed by atoms with Crippen molar-refractivity contribution in [3.8, 4) is 11.1 Å². The number of carbonyl (C=O) groups is 2. The van der Waals surface area contributed by atoms with Crippen LogP contribution in [0.1, 0.15) is 43.5 Å². The molecule has 3 heterocycles. The highest BCUT2D eigenvalue weighted by atomic mass is 16.8. The molecule has 12 nitrogen and oxygen atoms in total. The molecule has 2 aromatic carbocycles. The summed E-state index contributed by atoms with van der Waals surface area (Å²) in [4.78, 5) is 51.0. The summed E-state index contributed by atoms with van der Waals surface area (Å²) in [6, 6.07) is 17.4. The third-order valence-electron chi connectivity index (χ3n) is 7.72. The van der Waals surface area contributed by atoms with Gasteiger partial charge in [-0.1, -0.05) is 48.5 Å². The van der Waals surface area contributed by atoms with Crippen LogP contribution in [-0.2, 0) is 23.7 Å². The summed E-state index contributed by atoms with van der Waals surface area (Å²) < 4.78 is 24.8. The Morgan fingerprint density at radius 1 is 0.952 bits per heavy atom. The van der Waals surface area contributed by atoms with E-state index in [1.807, 2.05) is 36.4 Å². The quantitative estimate of drug-likeness (QED) is 0.369. The molecule has 6 rings (SSSR count). The van der Waals surface area contributed by atoms with E-state index in [1.54, 1.807) is 13.8 Å². The molecule has 0 bridgehead atoms. The van der Waals surface area contributed by atoms with Crippen LogP contribution < -0.4 is 21.9 Å². The Balaban J connectivity index is 0.982. The van der Waals surface area contributed by atoms with Crippen LogP contribution in [0.5, 0.6) is 0 Å². The monoisotopic (exact) mass is 576 g/mol. The highest BCUT2D eigenvalue weighted by molar-refractivity contribution is 5.79.